The molecule has 8 nitrogen and oxygen atoms in total. The first-order chi connectivity index (χ1) is 16.4. The number of rotatable bonds is 7. The molecule has 0 aromatic heterocycles. The Balaban J connectivity index is 1.48. The second-order valence-electron chi connectivity index (χ2n) is 10.1. The minimum absolute atomic E-state index is 0.00946. The molecular formula is C24H31F3N4O4. The number of benzene rings is 1. The normalized spacial score (nSPS) is 28.5. The fourth-order valence-corrected chi connectivity index (χ4v) is 5.11. The molecule has 4 rings (SSSR count). The molecule has 2 amide bonds. The van der Waals surface area contributed by atoms with Crippen molar-refractivity contribution in [3.8, 4) is 5.75 Å². The molecule has 1 unspecified atom stereocenters. The SMILES string of the molecule is COCCC([C@@H]1C[C@H]1C(=O)N[C@H]1C[C@H](C(F)(F)F)Oc2ccccc21)N1C(=N)NC(C)(C)CC1=O. The first-order valence-corrected chi connectivity index (χ1v) is 11.7. The van der Waals surface area contributed by atoms with E-state index in [1.54, 1.807) is 25.3 Å². The molecule has 1 aromatic rings. The van der Waals surface area contributed by atoms with E-state index in [0.717, 1.165) is 0 Å². The van der Waals surface area contributed by atoms with Gasteiger partial charge in [0.15, 0.2) is 12.1 Å². The number of hydrogen-bond donors (Lipinski definition) is 3. The average Bonchev–Trinajstić information content (AvgIpc) is 3.55. The maximum absolute atomic E-state index is 13.4. The van der Waals surface area contributed by atoms with Crippen LogP contribution in [0.1, 0.15) is 51.1 Å². The second-order valence-corrected chi connectivity index (χ2v) is 10.1. The van der Waals surface area contributed by atoms with E-state index < -0.39 is 42.2 Å². The molecule has 0 bridgehead atoms. The molecule has 5 atom stereocenters. The number of para-hydroxylation sites is 1. The molecule has 3 aliphatic rings. The van der Waals surface area contributed by atoms with Crippen molar-refractivity contribution in [3.63, 3.8) is 0 Å². The first-order valence-electron chi connectivity index (χ1n) is 11.7. The van der Waals surface area contributed by atoms with E-state index in [-0.39, 0.29) is 35.9 Å². The standard InChI is InChI=1S/C24H31F3N4O4/c1-23(2)12-20(32)31(22(28)30-23)17(8-9-34-3)14-10-15(14)21(33)29-16-11-19(24(25,26)27)35-18-7-5-4-6-13(16)18/h4-7,14-17,19H,8-12H2,1-3H3,(H2,28,30)(H,29,33)/t14-,15-,16+,17?,19-/m1/s1. The Morgan fingerprint density at radius 2 is 2.06 bits per heavy atom. The number of alkyl halides is 3. The van der Waals surface area contributed by atoms with Gasteiger partial charge < -0.3 is 20.1 Å². The number of hydrogen-bond acceptors (Lipinski definition) is 5. The van der Waals surface area contributed by atoms with Crippen LogP contribution in [0.25, 0.3) is 0 Å². The molecule has 1 aliphatic carbocycles. The predicted octanol–water partition coefficient (Wildman–Crippen LogP) is 3.13. The number of fused-ring (bicyclic) bond motifs is 1. The number of guanidine groups is 1. The summed E-state index contributed by atoms with van der Waals surface area (Å²) >= 11 is 0. The number of halogens is 3. The zero-order valence-electron chi connectivity index (χ0n) is 19.9. The highest BCUT2D eigenvalue weighted by Gasteiger charge is 2.53. The molecule has 35 heavy (non-hydrogen) atoms. The third kappa shape index (κ3) is 5.39. The summed E-state index contributed by atoms with van der Waals surface area (Å²) in [6.45, 7) is 4.03. The van der Waals surface area contributed by atoms with Gasteiger partial charge >= 0.3 is 6.18 Å². The quantitative estimate of drug-likeness (QED) is 0.538. The molecular weight excluding hydrogens is 465 g/mol. The van der Waals surface area contributed by atoms with Gasteiger partial charge in [-0.3, -0.25) is 19.9 Å². The molecule has 2 heterocycles. The Bertz CT molecular complexity index is 979. The molecule has 1 saturated carbocycles. The van der Waals surface area contributed by atoms with Crippen molar-refractivity contribution in [2.45, 2.75) is 69.4 Å². The summed E-state index contributed by atoms with van der Waals surface area (Å²) in [5.74, 6) is -1.14. The summed E-state index contributed by atoms with van der Waals surface area (Å²) in [6, 6.07) is 5.15. The molecule has 2 fully saturated rings. The van der Waals surface area contributed by atoms with Crippen LogP contribution in [0.15, 0.2) is 24.3 Å². The summed E-state index contributed by atoms with van der Waals surface area (Å²) < 4.78 is 50.6. The fourth-order valence-electron chi connectivity index (χ4n) is 5.11. The van der Waals surface area contributed by atoms with E-state index in [9.17, 15) is 22.8 Å². The Morgan fingerprint density at radius 1 is 1.34 bits per heavy atom. The number of ether oxygens (including phenoxy) is 2. The summed E-state index contributed by atoms with van der Waals surface area (Å²) in [5, 5.41) is 14.2. The van der Waals surface area contributed by atoms with Crippen LogP contribution in [0, 0.1) is 17.2 Å². The summed E-state index contributed by atoms with van der Waals surface area (Å²) in [5.41, 5.74) is -0.0312. The number of amides is 2. The largest absolute Gasteiger partial charge is 0.480 e. The molecule has 3 N–H and O–H groups in total. The lowest BCUT2D eigenvalue weighted by Crippen LogP contribution is -2.63. The Kier molecular flexibility index (Phi) is 6.74. The Morgan fingerprint density at radius 3 is 2.71 bits per heavy atom. The van der Waals surface area contributed by atoms with E-state index in [4.69, 9.17) is 14.9 Å². The van der Waals surface area contributed by atoms with E-state index in [2.05, 4.69) is 10.6 Å². The molecule has 0 spiro atoms. The van der Waals surface area contributed by atoms with E-state index in [1.807, 2.05) is 13.8 Å². The van der Waals surface area contributed by atoms with Gasteiger partial charge in [0.1, 0.15) is 5.75 Å². The first kappa shape index (κ1) is 25.3. The van der Waals surface area contributed by atoms with Gasteiger partial charge in [0.25, 0.3) is 0 Å². The highest BCUT2D eigenvalue weighted by Crippen LogP contribution is 2.46. The molecule has 2 aliphatic heterocycles. The van der Waals surface area contributed by atoms with Crippen molar-refractivity contribution < 1.29 is 32.2 Å². The number of nitrogens with zero attached hydrogens (tertiary/aromatic N) is 1. The van der Waals surface area contributed by atoms with Crippen molar-refractivity contribution in [3.05, 3.63) is 29.8 Å². The fraction of sp³-hybridized carbons (Fsp3) is 0.625. The molecule has 11 heteroatoms. The Labute approximate surface area is 202 Å². The summed E-state index contributed by atoms with van der Waals surface area (Å²) in [4.78, 5) is 27.4. The van der Waals surface area contributed by atoms with E-state index in [1.165, 1.54) is 11.0 Å². The lowest BCUT2D eigenvalue weighted by molar-refractivity contribution is -0.201. The van der Waals surface area contributed by atoms with Gasteiger partial charge in [-0.25, -0.2) is 0 Å². The zero-order chi connectivity index (χ0) is 25.5. The van der Waals surface area contributed by atoms with Crippen LogP contribution in [-0.4, -0.2) is 60.3 Å². The average molecular weight is 497 g/mol. The van der Waals surface area contributed by atoms with Crippen molar-refractivity contribution in [1.82, 2.24) is 15.5 Å². The molecule has 1 saturated heterocycles. The molecule has 192 valence electrons. The Hall–Kier alpha value is -2.82. The van der Waals surface area contributed by atoms with Crippen LogP contribution in [0.4, 0.5) is 13.2 Å². The van der Waals surface area contributed by atoms with Crippen LogP contribution < -0.4 is 15.4 Å². The third-order valence-corrected chi connectivity index (χ3v) is 6.87. The van der Waals surface area contributed by atoms with Crippen molar-refractivity contribution in [2.75, 3.05) is 13.7 Å². The minimum Gasteiger partial charge on any atom is -0.480 e. The van der Waals surface area contributed by atoms with E-state index in [0.29, 0.717) is 25.0 Å². The van der Waals surface area contributed by atoms with Crippen LogP contribution in [-0.2, 0) is 14.3 Å². The lowest BCUT2D eigenvalue weighted by atomic mass is 9.94. The number of nitrogens with one attached hydrogen (secondary N) is 3. The topological polar surface area (TPSA) is 104 Å². The summed E-state index contributed by atoms with van der Waals surface area (Å²) in [7, 11) is 1.54. The van der Waals surface area contributed by atoms with Crippen molar-refractivity contribution in [2.24, 2.45) is 11.8 Å². The number of methoxy groups -OCH3 is 1. The van der Waals surface area contributed by atoms with Crippen LogP contribution in [0.5, 0.6) is 5.75 Å². The van der Waals surface area contributed by atoms with Crippen molar-refractivity contribution >= 4 is 17.8 Å². The second kappa shape index (κ2) is 9.33. The lowest BCUT2D eigenvalue weighted by Gasteiger charge is -2.42. The van der Waals surface area contributed by atoms with Crippen LogP contribution in [0.3, 0.4) is 0 Å². The third-order valence-electron chi connectivity index (χ3n) is 6.87. The number of carbonyl (C=O) groups excluding carboxylic acids is 2. The van der Waals surface area contributed by atoms with Crippen LogP contribution in [0.2, 0.25) is 0 Å². The molecule has 0 radical (unpaired) electrons. The van der Waals surface area contributed by atoms with Gasteiger partial charge in [-0.2, -0.15) is 13.2 Å². The van der Waals surface area contributed by atoms with Crippen LogP contribution >= 0.6 is 0 Å². The highest BCUT2D eigenvalue weighted by atomic mass is 19.4. The van der Waals surface area contributed by atoms with E-state index >= 15 is 0 Å². The smallest absolute Gasteiger partial charge is 0.425 e. The monoisotopic (exact) mass is 496 g/mol. The van der Waals surface area contributed by atoms with Gasteiger partial charge in [0.2, 0.25) is 11.8 Å². The maximum Gasteiger partial charge on any atom is 0.425 e. The minimum atomic E-state index is -4.56. The van der Waals surface area contributed by atoms with Gasteiger partial charge in [0, 0.05) is 49.6 Å². The van der Waals surface area contributed by atoms with Crippen molar-refractivity contribution in [1.29, 1.82) is 5.41 Å². The van der Waals surface area contributed by atoms with Gasteiger partial charge in [-0.1, -0.05) is 18.2 Å². The maximum atomic E-state index is 13.4. The number of carbonyl (C=O) groups is 2. The van der Waals surface area contributed by atoms with Gasteiger partial charge in [-0.05, 0) is 38.7 Å². The summed E-state index contributed by atoms with van der Waals surface area (Å²) in [6.07, 6.45) is -5.84. The van der Waals surface area contributed by atoms with Gasteiger partial charge in [0.05, 0.1) is 6.04 Å². The zero-order valence-corrected chi connectivity index (χ0v) is 19.9. The van der Waals surface area contributed by atoms with Gasteiger partial charge in [-0.15, -0.1) is 0 Å². The highest BCUT2D eigenvalue weighted by molar-refractivity contribution is 5.99. The molecule has 1 aromatic carbocycles. The predicted molar refractivity (Wildman–Crippen MR) is 121 cm³/mol.